The molecule has 0 radical (unpaired) electrons. The average Bonchev–Trinajstić information content (AvgIpc) is 2.33. The van der Waals surface area contributed by atoms with E-state index in [1.54, 1.807) is 19.2 Å². The Morgan fingerprint density at radius 1 is 1.22 bits per heavy atom. The monoisotopic (exact) mass is 246 g/mol. The minimum absolute atomic E-state index is 0.273. The van der Waals surface area contributed by atoms with Crippen LogP contribution in [0.2, 0.25) is 0 Å². The summed E-state index contributed by atoms with van der Waals surface area (Å²) in [5.74, 6) is 1.02. The Labute approximate surface area is 105 Å². The number of nitrogens with zero attached hydrogens (tertiary/aromatic N) is 1. The molecule has 0 aliphatic rings. The Kier molecular flexibility index (Phi) is 3.58. The van der Waals surface area contributed by atoms with Gasteiger partial charge in [-0.05, 0) is 37.6 Å². The van der Waals surface area contributed by atoms with Gasteiger partial charge in [-0.3, -0.25) is 4.98 Å². The van der Waals surface area contributed by atoms with Crippen molar-refractivity contribution in [3.8, 4) is 11.5 Å². The number of rotatable bonds is 3. The Morgan fingerprint density at radius 2 is 2.00 bits per heavy atom. The molecule has 0 bridgehead atoms. The van der Waals surface area contributed by atoms with Crippen LogP contribution in [0.25, 0.3) is 0 Å². The molecule has 0 saturated carbocycles. The molecule has 0 aliphatic carbocycles. The van der Waals surface area contributed by atoms with Crippen LogP contribution >= 0.6 is 0 Å². The van der Waals surface area contributed by atoms with Gasteiger partial charge in [-0.2, -0.15) is 0 Å². The zero-order valence-corrected chi connectivity index (χ0v) is 10.4. The first-order valence-corrected chi connectivity index (χ1v) is 5.69. The molecule has 3 nitrogen and oxygen atoms in total. The van der Waals surface area contributed by atoms with Crippen molar-refractivity contribution in [3.63, 3.8) is 0 Å². The number of nitrogens with two attached hydrogens (primary N) is 1. The first kappa shape index (κ1) is 12.5. The Hall–Kier alpha value is -1.94. The number of hydrogen-bond acceptors (Lipinski definition) is 3. The van der Waals surface area contributed by atoms with Gasteiger partial charge in [0.1, 0.15) is 17.3 Å². The Bertz CT molecular complexity index is 570. The molecule has 4 heteroatoms. The van der Waals surface area contributed by atoms with Crippen LogP contribution in [0.15, 0.2) is 30.5 Å². The summed E-state index contributed by atoms with van der Waals surface area (Å²) in [6.45, 7) is 4.03. The van der Waals surface area contributed by atoms with Crippen molar-refractivity contribution in [2.75, 3.05) is 0 Å². The summed E-state index contributed by atoms with van der Waals surface area (Å²) in [5.41, 5.74) is 8.05. The van der Waals surface area contributed by atoms with Gasteiger partial charge in [0.25, 0.3) is 0 Å². The second-order valence-electron chi connectivity index (χ2n) is 4.15. The summed E-state index contributed by atoms with van der Waals surface area (Å²) >= 11 is 0. The summed E-state index contributed by atoms with van der Waals surface area (Å²) in [4.78, 5) is 4.17. The molecular formula is C14H15FN2O. The summed E-state index contributed by atoms with van der Waals surface area (Å²) in [6, 6.07) is 6.25. The van der Waals surface area contributed by atoms with Gasteiger partial charge in [-0.15, -0.1) is 0 Å². The molecule has 0 atom stereocenters. The van der Waals surface area contributed by atoms with Crippen molar-refractivity contribution in [1.29, 1.82) is 0 Å². The van der Waals surface area contributed by atoms with E-state index in [2.05, 4.69) is 4.98 Å². The first-order chi connectivity index (χ1) is 8.60. The predicted octanol–water partition coefficient (Wildman–Crippen LogP) is 3.09. The van der Waals surface area contributed by atoms with E-state index < -0.39 is 0 Å². The van der Waals surface area contributed by atoms with E-state index >= 15 is 0 Å². The van der Waals surface area contributed by atoms with E-state index in [1.807, 2.05) is 13.0 Å². The first-order valence-electron chi connectivity index (χ1n) is 5.69. The van der Waals surface area contributed by atoms with Gasteiger partial charge in [-0.1, -0.05) is 0 Å². The van der Waals surface area contributed by atoms with Crippen molar-refractivity contribution < 1.29 is 9.13 Å². The quantitative estimate of drug-likeness (QED) is 0.905. The van der Waals surface area contributed by atoms with E-state index in [1.165, 1.54) is 12.1 Å². The van der Waals surface area contributed by atoms with Gasteiger partial charge in [0.05, 0.1) is 0 Å². The minimum atomic E-state index is -0.273. The van der Waals surface area contributed by atoms with Gasteiger partial charge >= 0.3 is 0 Å². The number of halogens is 1. The van der Waals surface area contributed by atoms with Crippen LogP contribution in [-0.2, 0) is 6.54 Å². The molecule has 18 heavy (non-hydrogen) atoms. The maximum atomic E-state index is 13.0. The third-order valence-electron chi connectivity index (χ3n) is 2.66. The van der Waals surface area contributed by atoms with Crippen LogP contribution in [-0.4, -0.2) is 4.98 Å². The van der Waals surface area contributed by atoms with Crippen LogP contribution in [0.5, 0.6) is 11.5 Å². The second-order valence-corrected chi connectivity index (χ2v) is 4.15. The van der Waals surface area contributed by atoms with Crippen LogP contribution in [0.1, 0.15) is 16.8 Å². The largest absolute Gasteiger partial charge is 0.457 e. The molecule has 2 aromatic rings. The van der Waals surface area contributed by atoms with Crippen molar-refractivity contribution in [3.05, 3.63) is 53.1 Å². The summed E-state index contributed by atoms with van der Waals surface area (Å²) in [6.07, 6.45) is 1.70. The third kappa shape index (κ3) is 2.65. The summed E-state index contributed by atoms with van der Waals surface area (Å²) in [7, 11) is 0. The van der Waals surface area contributed by atoms with Crippen molar-refractivity contribution >= 4 is 0 Å². The molecule has 0 amide bonds. The standard InChI is InChI=1S/C14H15FN2O/c1-9-5-12(15)3-4-13(9)18-14-6-10(2)17-8-11(14)7-16/h3-6,8H,7,16H2,1-2H3. The van der Waals surface area contributed by atoms with Gasteiger partial charge in [0, 0.05) is 30.1 Å². The Balaban J connectivity index is 2.36. The number of benzene rings is 1. The molecule has 0 fully saturated rings. The minimum Gasteiger partial charge on any atom is -0.457 e. The van der Waals surface area contributed by atoms with Gasteiger partial charge < -0.3 is 10.5 Å². The fourth-order valence-corrected chi connectivity index (χ4v) is 1.66. The molecule has 0 aliphatic heterocycles. The number of pyridine rings is 1. The molecule has 1 heterocycles. The number of ether oxygens (including phenoxy) is 1. The van der Waals surface area contributed by atoms with E-state index in [9.17, 15) is 4.39 Å². The topological polar surface area (TPSA) is 48.1 Å². The highest BCUT2D eigenvalue weighted by Crippen LogP contribution is 2.28. The lowest BCUT2D eigenvalue weighted by molar-refractivity contribution is 0.469. The fourth-order valence-electron chi connectivity index (χ4n) is 1.66. The smallest absolute Gasteiger partial charge is 0.135 e. The molecule has 0 spiro atoms. The SMILES string of the molecule is Cc1cc(Oc2ccc(F)cc2C)c(CN)cn1. The van der Waals surface area contributed by atoms with Gasteiger partial charge in [0.2, 0.25) is 0 Å². The van der Waals surface area contributed by atoms with Crippen molar-refractivity contribution in [1.82, 2.24) is 4.98 Å². The summed E-state index contributed by atoms with van der Waals surface area (Å²) in [5, 5.41) is 0. The number of aryl methyl sites for hydroxylation is 2. The normalized spacial score (nSPS) is 10.4. The zero-order valence-electron chi connectivity index (χ0n) is 10.4. The maximum Gasteiger partial charge on any atom is 0.135 e. The van der Waals surface area contributed by atoms with E-state index in [4.69, 9.17) is 10.5 Å². The van der Waals surface area contributed by atoms with Crippen molar-refractivity contribution in [2.45, 2.75) is 20.4 Å². The highest BCUT2D eigenvalue weighted by molar-refractivity contribution is 5.40. The number of aromatic nitrogens is 1. The van der Waals surface area contributed by atoms with E-state index in [0.29, 0.717) is 18.0 Å². The lowest BCUT2D eigenvalue weighted by Crippen LogP contribution is -2.01. The highest BCUT2D eigenvalue weighted by Gasteiger charge is 2.07. The second kappa shape index (κ2) is 5.14. The Morgan fingerprint density at radius 3 is 2.67 bits per heavy atom. The molecule has 1 aromatic heterocycles. The molecule has 1 aromatic carbocycles. The lowest BCUT2D eigenvalue weighted by atomic mass is 10.2. The maximum absolute atomic E-state index is 13.0. The average molecular weight is 246 g/mol. The third-order valence-corrected chi connectivity index (χ3v) is 2.66. The predicted molar refractivity (Wildman–Crippen MR) is 68.1 cm³/mol. The van der Waals surface area contributed by atoms with E-state index in [-0.39, 0.29) is 5.82 Å². The van der Waals surface area contributed by atoms with Crippen LogP contribution in [0, 0.1) is 19.7 Å². The molecule has 0 unspecified atom stereocenters. The van der Waals surface area contributed by atoms with Crippen LogP contribution in [0.3, 0.4) is 0 Å². The van der Waals surface area contributed by atoms with Crippen LogP contribution in [0.4, 0.5) is 4.39 Å². The zero-order chi connectivity index (χ0) is 13.1. The van der Waals surface area contributed by atoms with Crippen molar-refractivity contribution in [2.24, 2.45) is 5.73 Å². The molecular weight excluding hydrogens is 231 g/mol. The number of hydrogen-bond donors (Lipinski definition) is 1. The van der Waals surface area contributed by atoms with E-state index in [0.717, 1.165) is 16.8 Å². The van der Waals surface area contributed by atoms with Crippen LogP contribution < -0.4 is 10.5 Å². The van der Waals surface area contributed by atoms with Gasteiger partial charge in [0.15, 0.2) is 0 Å². The fraction of sp³-hybridized carbons (Fsp3) is 0.214. The molecule has 0 saturated heterocycles. The molecule has 2 N–H and O–H groups in total. The molecule has 2 rings (SSSR count). The highest BCUT2D eigenvalue weighted by atomic mass is 19.1. The lowest BCUT2D eigenvalue weighted by Gasteiger charge is -2.12. The molecule has 94 valence electrons. The van der Waals surface area contributed by atoms with Gasteiger partial charge in [-0.25, -0.2) is 4.39 Å². The summed E-state index contributed by atoms with van der Waals surface area (Å²) < 4.78 is 18.8.